The van der Waals surface area contributed by atoms with E-state index in [0.717, 1.165) is 14.5 Å². The molecule has 3 nitrogen and oxygen atoms in total. The van der Waals surface area contributed by atoms with Crippen molar-refractivity contribution < 1.29 is 9.53 Å². The average molecular weight is 337 g/mol. The van der Waals surface area contributed by atoms with Crippen LogP contribution in [0, 0.1) is 0 Å². The summed E-state index contributed by atoms with van der Waals surface area (Å²) in [6.07, 6.45) is 0.463. The molecule has 0 radical (unpaired) electrons. The predicted molar refractivity (Wildman–Crippen MR) is 65.5 cm³/mol. The lowest BCUT2D eigenvalue weighted by molar-refractivity contribution is -0.142. The monoisotopic (exact) mass is 335 g/mol. The summed E-state index contributed by atoms with van der Waals surface area (Å²) in [5.74, 6) is -0.397. The van der Waals surface area contributed by atoms with E-state index in [0.29, 0.717) is 6.42 Å². The van der Waals surface area contributed by atoms with Gasteiger partial charge in [0.2, 0.25) is 0 Å². The van der Waals surface area contributed by atoms with Gasteiger partial charge in [0.15, 0.2) is 0 Å². The first-order valence-electron chi connectivity index (χ1n) is 4.31. The number of nitrogens with two attached hydrogens (primary N) is 1. The van der Waals surface area contributed by atoms with Crippen LogP contribution in [0.15, 0.2) is 27.1 Å². The van der Waals surface area contributed by atoms with E-state index in [2.05, 4.69) is 36.6 Å². The fraction of sp³-hybridized carbons (Fsp3) is 0.300. The molecule has 0 bridgehead atoms. The maximum Gasteiger partial charge on any atom is 0.322 e. The van der Waals surface area contributed by atoms with Crippen molar-refractivity contribution in [2.45, 2.75) is 12.5 Å². The molecule has 0 aliphatic rings. The van der Waals surface area contributed by atoms with Crippen molar-refractivity contribution in [2.24, 2.45) is 5.73 Å². The lowest BCUT2D eigenvalue weighted by Gasteiger charge is -2.09. The van der Waals surface area contributed by atoms with Crippen molar-refractivity contribution in [3.8, 4) is 0 Å². The number of rotatable bonds is 3. The highest BCUT2D eigenvalue weighted by Crippen LogP contribution is 2.20. The van der Waals surface area contributed by atoms with Gasteiger partial charge in [0.25, 0.3) is 0 Å². The molecule has 1 atom stereocenters. The molecule has 0 amide bonds. The van der Waals surface area contributed by atoms with Gasteiger partial charge in [-0.3, -0.25) is 4.79 Å². The highest BCUT2D eigenvalue weighted by atomic mass is 79.9. The Balaban J connectivity index is 2.76. The Labute approximate surface area is 105 Å². The van der Waals surface area contributed by atoms with E-state index < -0.39 is 12.0 Å². The Hall–Kier alpha value is -0.390. The van der Waals surface area contributed by atoms with Crippen LogP contribution in [0.2, 0.25) is 0 Å². The summed E-state index contributed by atoms with van der Waals surface area (Å²) in [5.41, 5.74) is 6.64. The van der Waals surface area contributed by atoms with Gasteiger partial charge in [0, 0.05) is 8.95 Å². The molecule has 1 aromatic carbocycles. The molecule has 0 aliphatic heterocycles. The average Bonchev–Trinajstić information content (AvgIpc) is 2.14. The number of ether oxygens (including phenoxy) is 1. The molecular weight excluding hydrogens is 326 g/mol. The molecule has 0 saturated heterocycles. The Kier molecular flexibility index (Phi) is 4.76. The van der Waals surface area contributed by atoms with Crippen molar-refractivity contribution >= 4 is 37.8 Å². The third-order valence-corrected chi connectivity index (χ3v) is 2.80. The van der Waals surface area contributed by atoms with Gasteiger partial charge >= 0.3 is 5.97 Å². The lowest BCUT2D eigenvalue weighted by Crippen LogP contribution is -2.33. The molecule has 0 aliphatic carbocycles. The highest BCUT2D eigenvalue weighted by Gasteiger charge is 2.14. The summed E-state index contributed by atoms with van der Waals surface area (Å²) < 4.78 is 6.45. The van der Waals surface area contributed by atoms with E-state index in [1.54, 1.807) is 0 Å². The molecule has 2 N–H and O–H groups in total. The van der Waals surface area contributed by atoms with E-state index >= 15 is 0 Å². The van der Waals surface area contributed by atoms with Crippen molar-refractivity contribution in [1.29, 1.82) is 0 Å². The second-order valence-electron chi connectivity index (χ2n) is 3.11. The predicted octanol–water partition coefficient (Wildman–Crippen LogP) is 2.25. The minimum absolute atomic E-state index is 0.397. The second kappa shape index (κ2) is 5.63. The molecule has 1 rings (SSSR count). The van der Waals surface area contributed by atoms with Gasteiger partial charge in [-0.2, -0.15) is 0 Å². The number of hydrogen-bond donors (Lipinski definition) is 1. The van der Waals surface area contributed by atoms with Gasteiger partial charge < -0.3 is 10.5 Å². The molecule has 0 fully saturated rings. The first kappa shape index (κ1) is 12.7. The minimum Gasteiger partial charge on any atom is -0.468 e. The normalized spacial score (nSPS) is 12.3. The Morgan fingerprint density at radius 1 is 1.40 bits per heavy atom. The first-order valence-corrected chi connectivity index (χ1v) is 5.90. The Bertz CT molecular complexity index is 348. The topological polar surface area (TPSA) is 52.3 Å². The van der Waals surface area contributed by atoms with Gasteiger partial charge in [0.1, 0.15) is 6.04 Å². The zero-order valence-electron chi connectivity index (χ0n) is 8.17. The second-order valence-corrected chi connectivity index (χ2v) is 4.94. The summed E-state index contributed by atoms with van der Waals surface area (Å²) in [7, 11) is 1.33. The fourth-order valence-corrected chi connectivity index (χ4v) is 2.61. The van der Waals surface area contributed by atoms with Gasteiger partial charge in [0.05, 0.1) is 7.11 Å². The Morgan fingerprint density at radius 2 is 1.93 bits per heavy atom. The highest BCUT2D eigenvalue weighted by molar-refractivity contribution is 9.11. The molecule has 15 heavy (non-hydrogen) atoms. The van der Waals surface area contributed by atoms with Crippen LogP contribution in [-0.4, -0.2) is 19.1 Å². The van der Waals surface area contributed by atoms with Crippen molar-refractivity contribution in [2.75, 3.05) is 7.11 Å². The molecule has 0 unspecified atom stereocenters. The number of halogens is 2. The van der Waals surface area contributed by atoms with E-state index in [9.17, 15) is 4.79 Å². The van der Waals surface area contributed by atoms with Crippen LogP contribution in [0.3, 0.4) is 0 Å². The van der Waals surface area contributed by atoms with Crippen LogP contribution in [0.1, 0.15) is 5.56 Å². The fourth-order valence-electron chi connectivity index (χ4n) is 1.22. The van der Waals surface area contributed by atoms with Gasteiger partial charge in [-0.15, -0.1) is 0 Å². The quantitative estimate of drug-likeness (QED) is 0.861. The van der Waals surface area contributed by atoms with Crippen molar-refractivity contribution in [3.05, 3.63) is 32.7 Å². The summed E-state index contributed by atoms with van der Waals surface area (Å²) in [6.45, 7) is 0. The maximum absolute atomic E-state index is 11.1. The third kappa shape index (κ3) is 3.93. The zero-order valence-corrected chi connectivity index (χ0v) is 11.3. The summed E-state index contributed by atoms with van der Waals surface area (Å²) in [6, 6.07) is 5.16. The van der Waals surface area contributed by atoms with Crippen LogP contribution in [0.5, 0.6) is 0 Å². The van der Waals surface area contributed by atoms with Crippen LogP contribution in [0.4, 0.5) is 0 Å². The van der Waals surface area contributed by atoms with Crippen molar-refractivity contribution in [1.82, 2.24) is 0 Å². The van der Waals surface area contributed by atoms with Crippen LogP contribution in [0.25, 0.3) is 0 Å². The molecule has 1 aromatic rings. The first-order chi connectivity index (χ1) is 7.02. The molecule has 5 heteroatoms. The molecule has 0 saturated carbocycles. The number of carbonyl (C=O) groups is 1. The maximum atomic E-state index is 11.1. The molecule has 82 valence electrons. The van der Waals surface area contributed by atoms with Gasteiger partial charge in [-0.05, 0) is 30.2 Å². The molecule has 0 aromatic heterocycles. The van der Waals surface area contributed by atoms with E-state index in [1.807, 2.05) is 18.2 Å². The summed E-state index contributed by atoms with van der Waals surface area (Å²) >= 11 is 6.74. The summed E-state index contributed by atoms with van der Waals surface area (Å²) in [5, 5.41) is 0. The van der Waals surface area contributed by atoms with E-state index in [4.69, 9.17) is 5.73 Å². The third-order valence-electron chi connectivity index (χ3n) is 1.88. The number of hydrogen-bond acceptors (Lipinski definition) is 3. The molecular formula is C10H11Br2NO2. The largest absolute Gasteiger partial charge is 0.468 e. The van der Waals surface area contributed by atoms with Crippen LogP contribution < -0.4 is 5.73 Å². The van der Waals surface area contributed by atoms with Crippen LogP contribution >= 0.6 is 31.9 Å². The standard InChI is InChI=1S/C10H11Br2NO2/c1-15-10(14)9(13)4-6-2-7(11)5-8(12)3-6/h2-3,5,9H,4,13H2,1H3/t9-/m0/s1. The van der Waals surface area contributed by atoms with E-state index in [1.165, 1.54) is 7.11 Å². The smallest absolute Gasteiger partial charge is 0.322 e. The van der Waals surface area contributed by atoms with E-state index in [-0.39, 0.29) is 0 Å². The van der Waals surface area contributed by atoms with Crippen molar-refractivity contribution in [3.63, 3.8) is 0 Å². The number of benzene rings is 1. The number of carbonyl (C=O) groups excluding carboxylic acids is 1. The molecule has 0 spiro atoms. The number of esters is 1. The Morgan fingerprint density at radius 3 is 2.40 bits per heavy atom. The minimum atomic E-state index is -0.615. The van der Waals surface area contributed by atoms with Gasteiger partial charge in [-0.25, -0.2) is 0 Å². The number of methoxy groups -OCH3 is 1. The molecule has 0 heterocycles. The SMILES string of the molecule is COC(=O)[C@@H](N)Cc1cc(Br)cc(Br)c1. The van der Waals surface area contributed by atoms with Gasteiger partial charge in [-0.1, -0.05) is 31.9 Å². The lowest BCUT2D eigenvalue weighted by atomic mass is 10.1. The summed E-state index contributed by atoms with van der Waals surface area (Å²) in [4.78, 5) is 11.1. The zero-order chi connectivity index (χ0) is 11.4. The van der Waals surface area contributed by atoms with Crippen LogP contribution in [-0.2, 0) is 16.0 Å².